The molecule has 0 aliphatic rings. The van der Waals surface area contributed by atoms with Crippen LogP contribution in [0.2, 0.25) is 0 Å². The maximum Gasteiger partial charge on any atom is 0.219 e. The van der Waals surface area contributed by atoms with Crippen LogP contribution in [0.5, 0.6) is 0 Å². The van der Waals surface area contributed by atoms with Crippen LogP contribution in [-0.4, -0.2) is 26.7 Å². The number of hydrogen-bond acceptors (Lipinski definition) is 6. The van der Waals surface area contributed by atoms with Gasteiger partial charge in [-0.2, -0.15) is 0 Å². The van der Waals surface area contributed by atoms with E-state index in [1.807, 2.05) is 12.1 Å². The fraction of sp³-hybridized carbons (Fsp3) is 0.222. The van der Waals surface area contributed by atoms with E-state index < -0.39 is 0 Å². The second-order valence-electron chi connectivity index (χ2n) is 6.38. The summed E-state index contributed by atoms with van der Waals surface area (Å²) in [6.45, 7) is 4.80. The molecule has 0 saturated heterocycles. The lowest BCUT2D eigenvalue weighted by Crippen LogP contribution is -2.28. The Morgan fingerprint density at radius 1 is 1.00 bits per heavy atom. The number of benzene rings is 1. The number of anilines is 2. The van der Waals surface area contributed by atoms with Crippen molar-refractivity contribution in [3.05, 3.63) is 60.2 Å². The van der Waals surface area contributed by atoms with Gasteiger partial charge in [-0.05, 0) is 29.8 Å². The summed E-state index contributed by atoms with van der Waals surface area (Å²) in [4.78, 5) is 7.89. The van der Waals surface area contributed by atoms with E-state index in [0.717, 1.165) is 11.1 Å². The van der Waals surface area contributed by atoms with Gasteiger partial charge in [-0.1, -0.05) is 26.0 Å². The first kappa shape index (κ1) is 16.8. The first-order valence-electron chi connectivity index (χ1n) is 7.85. The number of nitrogens with two attached hydrogens (primary N) is 1. The Bertz CT molecular complexity index is 829. The van der Waals surface area contributed by atoms with Gasteiger partial charge in [-0.3, -0.25) is 0 Å². The first-order valence-corrected chi connectivity index (χ1v) is 7.85. The van der Waals surface area contributed by atoms with E-state index in [-0.39, 0.29) is 17.2 Å². The highest BCUT2D eigenvalue weighted by Gasteiger charge is 2.20. The lowest BCUT2D eigenvalue weighted by atomic mass is 9.84. The third-order valence-electron chi connectivity index (χ3n) is 3.97. The highest BCUT2D eigenvalue weighted by Crippen LogP contribution is 2.24. The van der Waals surface area contributed by atoms with Gasteiger partial charge in [0.2, 0.25) is 5.95 Å². The molecule has 0 unspecified atom stereocenters. The topological polar surface area (TPSA) is 89.6 Å². The minimum Gasteiger partial charge on any atom is -0.368 e. The molecule has 3 aromatic rings. The smallest absolute Gasteiger partial charge is 0.219 e. The maximum absolute atomic E-state index is 13.1. The van der Waals surface area contributed by atoms with E-state index in [1.54, 1.807) is 24.5 Å². The summed E-state index contributed by atoms with van der Waals surface area (Å²) in [5.74, 6) is 0.647. The summed E-state index contributed by atoms with van der Waals surface area (Å²) in [5.41, 5.74) is 7.76. The zero-order valence-electron chi connectivity index (χ0n) is 14.1. The Labute approximate surface area is 145 Å². The van der Waals surface area contributed by atoms with E-state index in [2.05, 4.69) is 39.3 Å². The molecule has 0 saturated carbocycles. The second-order valence-corrected chi connectivity index (χ2v) is 6.38. The molecular weight excluding hydrogens is 319 g/mol. The Morgan fingerprint density at radius 3 is 2.28 bits per heavy atom. The number of nitrogen functional groups attached to an aromatic ring is 1. The third kappa shape index (κ3) is 4.06. The van der Waals surface area contributed by atoms with Crippen LogP contribution in [0.25, 0.3) is 11.3 Å². The molecule has 0 amide bonds. The molecule has 0 aliphatic heterocycles. The monoisotopic (exact) mass is 338 g/mol. The van der Waals surface area contributed by atoms with Gasteiger partial charge in [0, 0.05) is 29.9 Å². The average molecular weight is 338 g/mol. The van der Waals surface area contributed by atoms with Crippen LogP contribution in [0.15, 0.2) is 48.8 Å². The number of aromatic nitrogens is 4. The standard InChI is InChI=1S/C18H19FN6/c1-18(2,13-3-5-14(19)6-4-13)11-23-16-8-7-15(24-25-16)12-9-21-17(20)22-10-12/h3-10H,11H2,1-2H3,(H,23,25)(H2,20,21,22). The van der Waals surface area contributed by atoms with E-state index in [4.69, 9.17) is 5.73 Å². The molecular formula is C18H19FN6. The summed E-state index contributed by atoms with van der Waals surface area (Å²) < 4.78 is 13.1. The fourth-order valence-electron chi connectivity index (χ4n) is 2.37. The molecule has 1 aromatic carbocycles. The molecule has 0 atom stereocenters. The van der Waals surface area contributed by atoms with Crippen LogP contribution in [0.1, 0.15) is 19.4 Å². The van der Waals surface area contributed by atoms with Gasteiger partial charge in [-0.15, -0.1) is 10.2 Å². The largest absolute Gasteiger partial charge is 0.368 e. The van der Waals surface area contributed by atoms with Crippen molar-refractivity contribution in [3.8, 4) is 11.3 Å². The highest BCUT2D eigenvalue weighted by atomic mass is 19.1. The summed E-state index contributed by atoms with van der Waals surface area (Å²) in [5, 5.41) is 11.6. The van der Waals surface area contributed by atoms with Crippen molar-refractivity contribution in [2.45, 2.75) is 19.3 Å². The van der Waals surface area contributed by atoms with Gasteiger partial charge in [0.25, 0.3) is 0 Å². The van der Waals surface area contributed by atoms with Crippen LogP contribution >= 0.6 is 0 Å². The first-order chi connectivity index (χ1) is 11.9. The molecule has 6 nitrogen and oxygen atoms in total. The summed E-state index contributed by atoms with van der Waals surface area (Å²) >= 11 is 0. The maximum atomic E-state index is 13.1. The predicted molar refractivity (Wildman–Crippen MR) is 95.4 cm³/mol. The Hall–Kier alpha value is -3.09. The lowest BCUT2D eigenvalue weighted by molar-refractivity contribution is 0.552. The summed E-state index contributed by atoms with van der Waals surface area (Å²) in [6, 6.07) is 10.2. The number of nitrogens with one attached hydrogen (secondary N) is 1. The number of halogens is 1. The highest BCUT2D eigenvalue weighted by molar-refractivity contribution is 5.57. The van der Waals surface area contributed by atoms with Gasteiger partial charge in [0.15, 0.2) is 0 Å². The molecule has 2 heterocycles. The van der Waals surface area contributed by atoms with Crippen LogP contribution in [-0.2, 0) is 5.41 Å². The number of hydrogen-bond donors (Lipinski definition) is 2. The molecule has 128 valence electrons. The van der Waals surface area contributed by atoms with Crippen molar-refractivity contribution >= 4 is 11.8 Å². The van der Waals surface area contributed by atoms with Gasteiger partial charge in [-0.25, -0.2) is 14.4 Å². The molecule has 0 aliphatic carbocycles. The molecule has 0 radical (unpaired) electrons. The zero-order valence-corrected chi connectivity index (χ0v) is 14.1. The van der Waals surface area contributed by atoms with E-state index in [1.165, 1.54) is 12.1 Å². The van der Waals surface area contributed by atoms with Crippen molar-refractivity contribution < 1.29 is 4.39 Å². The van der Waals surface area contributed by atoms with Gasteiger partial charge in [0.1, 0.15) is 11.6 Å². The number of nitrogens with zero attached hydrogens (tertiary/aromatic N) is 4. The second kappa shape index (κ2) is 6.80. The molecule has 7 heteroatoms. The lowest BCUT2D eigenvalue weighted by Gasteiger charge is -2.25. The fourth-order valence-corrected chi connectivity index (χ4v) is 2.37. The Balaban J connectivity index is 1.67. The summed E-state index contributed by atoms with van der Waals surface area (Å²) in [7, 11) is 0. The molecule has 0 fully saturated rings. The molecule has 0 bridgehead atoms. The quantitative estimate of drug-likeness (QED) is 0.743. The van der Waals surface area contributed by atoms with Gasteiger partial charge < -0.3 is 11.1 Å². The van der Waals surface area contributed by atoms with Gasteiger partial charge >= 0.3 is 0 Å². The minimum absolute atomic E-state index is 0.182. The minimum atomic E-state index is -0.236. The Morgan fingerprint density at radius 2 is 1.68 bits per heavy atom. The Kier molecular flexibility index (Phi) is 4.56. The van der Waals surface area contributed by atoms with Crippen molar-refractivity contribution in [2.24, 2.45) is 0 Å². The molecule has 0 spiro atoms. The third-order valence-corrected chi connectivity index (χ3v) is 3.97. The zero-order chi connectivity index (χ0) is 17.9. The molecule has 3 rings (SSSR count). The predicted octanol–water partition coefficient (Wildman–Crippen LogP) is 3.04. The van der Waals surface area contributed by atoms with Gasteiger partial charge in [0.05, 0.1) is 5.69 Å². The number of rotatable bonds is 5. The van der Waals surface area contributed by atoms with E-state index in [9.17, 15) is 4.39 Å². The molecule has 3 N–H and O–H groups in total. The molecule has 2 aromatic heterocycles. The van der Waals surface area contributed by atoms with Crippen molar-refractivity contribution in [3.63, 3.8) is 0 Å². The van der Waals surface area contributed by atoms with Crippen molar-refractivity contribution in [1.29, 1.82) is 0 Å². The average Bonchev–Trinajstić information content (AvgIpc) is 2.62. The van der Waals surface area contributed by atoms with Crippen LogP contribution in [0.3, 0.4) is 0 Å². The normalized spacial score (nSPS) is 11.3. The SMILES string of the molecule is CC(C)(CNc1ccc(-c2cnc(N)nc2)nn1)c1ccc(F)cc1. The van der Waals surface area contributed by atoms with E-state index in [0.29, 0.717) is 18.1 Å². The van der Waals surface area contributed by atoms with Crippen LogP contribution in [0, 0.1) is 5.82 Å². The van der Waals surface area contributed by atoms with E-state index >= 15 is 0 Å². The van der Waals surface area contributed by atoms with Crippen LogP contribution in [0.4, 0.5) is 16.2 Å². The summed E-state index contributed by atoms with van der Waals surface area (Å²) in [6.07, 6.45) is 3.22. The van der Waals surface area contributed by atoms with Crippen molar-refractivity contribution in [2.75, 3.05) is 17.6 Å². The van der Waals surface area contributed by atoms with Crippen LogP contribution < -0.4 is 11.1 Å². The molecule has 25 heavy (non-hydrogen) atoms. The van der Waals surface area contributed by atoms with Crippen molar-refractivity contribution in [1.82, 2.24) is 20.2 Å².